The number of carboxylic acids is 1. The molecule has 1 aromatic carbocycles. The van der Waals surface area contributed by atoms with Gasteiger partial charge in [0.15, 0.2) is 0 Å². The van der Waals surface area contributed by atoms with Crippen molar-refractivity contribution < 1.29 is 27.9 Å². The number of hydrazone groups is 1. The van der Waals surface area contributed by atoms with Crippen molar-refractivity contribution in [2.45, 2.75) is 52.4 Å². The molecule has 0 aromatic heterocycles. The highest BCUT2D eigenvalue weighted by molar-refractivity contribution is 7.89. The van der Waals surface area contributed by atoms with Crippen LogP contribution in [-0.4, -0.2) is 54.3 Å². The van der Waals surface area contributed by atoms with Crippen molar-refractivity contribution in [1.82, 2.24) is 4.31 Å². The number of carbonyl (C=O) groups excluding carboxylic acids is 2. The molecule has 1 heterocycles. The SMILES string of the molecule is CCC(C(C)=O)C(=O)O.CCN(CC)S(=O)(=O)c1ccc(N2N=C(C)CC2=O)cc1. The molecule has 166 valence electrons. The summed E-state index contributed by atoms with van der Waals surface area (Å²) < 4.78 is 26.1. The number of benzene rings is 1. The summed E-state index contributed by atoms with van der Waals surface area (Å²) in [6.07, 6.45) is 0.685. The van der Waals surface area contributed by atoms with Gasteiger partial charge in [-0.25, -0.2) is 13.4 Å². The smallest absolute Gasteiger partial charge is 0.314 e. The van der Waals surface area contributed by atoms with Gasteiger partial charge in [-0.1, -0.05) is 20.8 Å². The first-order valence-electron chi connectivity index (χ1n) is 9.69. The van der Waals surface area contributed by atoms with E-state index in [1.807, 2.05) is 0 Å². The van der Waals surface area contributed by atoms with Crippen molar-refractivity contribution >= 4 is 39.1 Å². The van der Waals surface area contributed by atoms with E-state index in [1.165, 1.54) is 28.4 Å². The van der Waals surface area contributed by atoms with Crippen LogP contribution in [0.1, 0.15) is 47.5 Å². The van der Waals surface area contributed by atoms with Crippen molar-refractivity contribution in [3.05, 3.63) is 24.3 Å². The van der Waals surface area contributed by atoms with Gasteiger partial charge in [-0.05, 0) is 44.5 Å². The van der Waals surface area contributed by atoms with Gasteiger partial charge in [-0.2, -0.15) is 9.41 Å². The molecule has 1 atom stereocenters. The molecule has 9 nitrogen and oxygen atoms in total. The third-order valence-corrected chi connectivity index (χ3v) is 6.60. The van der Waals surface area contributed by atoms with Gasteiger partial charge in [0.1, 0.15) is 11.7 Å². The largest absolute Gasteiger partial charge is 0.481 e. The second kappa shape index (κ2) is 11.0. The van der Waals surface area contributed by atoms with E-state index in [-0.39, 0.29) is 16.6 Å². The van der Waals surface area contributed by atoms with Crippen molar-refractivity contribution in [2.75, 3.05) is 18.1 Å². The Bertz CT molecular complexity index is 891. The maximum absolute atomic E-state index is 12.4. The first-order chi connectivity index (χ1) is 14.0. The normalized spacial score (nSPS) is 14.8. The molecule has 0 spiro atoms. The molecule has 30 heavy (non-hydrogen) atoms. The molecule has 1 aliphatic heterocycles. The van der Waals surface area contributed by atoms with Gasteiger partial charge < -0.3 is 5.11 Å². The molecule has 2 rings (SSSR count). The van der Waals surface area contributed by atoms with Gasteiger partial charge in [0.25, 0.3) is 5.91 Å². The standard InChI is InChI=1S/C14H19N3O3S.C6H10O3/c1-4-16(5-2)21(19,20)13-8-6-12(7-9-13)17-14(18)10-11(3)15-17;1-3-5(4(2)7)6(8)9/h6-9H,4-5,10H2,1-3H3;5H,3H2,1-2H3,(H,8,9). The molecule has 0 aliphatic carbocycles. The summed E-state index contributed by atoms with van der Waals surface area (Å²) in [7, 11) is -3.47. The fourth-order valence-corrected chi connectivity index (χ4v) is 4.32. The highest BCUT2D eigenvalue weighted by Crippen LogP contribution is 2.23. The minimum absolute atomic E-state index is 0.105. The summed E-state index contributed by atoms with van der Waals surface area (Å²) in [5, 5.41) is 13.8. The number of amides is 1. The van der Waals surface area contributed by atoms with Crippen LogP contribution in [-0.2, 0) is 24.4 Å². The fourth-order valence-electron chi connectivity index (χ4n) is 2.87. The van der Waals surface area contributed by atoms with Crippen molar-refractivity contribution in [2.24, 2.45) is 11.0 Å². The predicted molar refractivity (Wildman–Crippen MR) is 114 cm³/mol. The van der Waals surface area contributed by atoms with Crippen LogP contribution in [0.4, 0.5) is 5.69 Å². The molecule has 0 saturated carbocycles. The average Bonchev–Trinajstić information content (AvgIpc) is 3.01. The molecule has 0 bridgehead atoms. The number of aliphatic carboxylic acids is 1. The summed E-state index contributed by atoms with van der Waals surface area (Å²) in [6, 6.07) is 6.24. The zero-order valence-electron chi connectivity index (χ0n) is 18.0. The van der Waals surface area contributed by atoms with E-state index in [9.17, 15) is 22.8 Å². The van der Waals surface area contributed by atoms with E-state index < -0.39 is 21.9 Å². The van der Waals surface area contributed by atoms with Crippen molar-refractivity contribution in [3.63, 3.8) is 0 Å². The number of nitrogens with zero attached hydrogens (tertiary/aromatic N) is 3. The van der Waals surface area contributed by atoms with E-state index in [0.29, 0.717) is 31.6 Å². The Kier molecular flexibility index (Phi) is 9.31. The van der Waals surface area contributed by atoms with E-state index in [4.69, 9.17) is 5.11 Å². The van der Waals surface area contributed by atoms with E-state index in [1.54, 1.807) is 39.8 Å². The Hall–Kier alpha value is -2.59. The fraction of sp³-hybridized carbons (Fsp3) is 0.500. The lowest BCUT2D eigenvalue weighted by Crippen LogP contribution is -2.30. The summed E-state index contributed by atoms with van der Waals surface area (Å²) in [5.41, 5.74) is 1.33. The third kappa shape index (κ3) is 6.20. The summed E-state index contributed by atoms with van der Waals surface area (Å²) in [6.45, 7) is 9.22. The van der Waals surface area contributed by atoms with Gasteiger partial charge in [-0.15, -0.1) is 0 Å². The topological polar surface area (TPSA) is 124 Å². The number of hydrogen-bond donors (Lipinski definition) is 1. The lowest BCUT2D eigenvalue weighted by atomic mass is 10.0. The zero-order valence-corrected chi connectivity index (χ0v) is 18.8. The molecule has 10 heteroatoms. The summed E-state index contributed by atoms with van der Waals surface area (Å²) in [4.78, 5) is 32.6. The minimum atomic E-state index is -3.47. The predicted octanol–water partition coefficient (Wildman–Crippen LogP) is 2.52. The quantitative estimate of drug-likeness (QED) is 0.621. The number of carbonyl (C=O) groups is 3. The molecule has 0 radical (unpaired) electrons. The Labute approximate surface area is 177 Å². The molecule has 1 amide bonds. The Balaban J connectivity index is 0.000000424. The highest BCUT2D eigenvalue weighted by atomic mass is 32.2. The van der Waals surface area contributed by atoms with Crippen molar-refractivity contribution in [1.29, 1.82) is 0 Å². The van der Waals surface area contributed by atoms with Gasteiger partial charge in [-0.3, -0.25) is 14.4 Å². The van der Waals surface area contributed by atoms with E-state index >= 15 is 0 Å². The Morgan fingerprint density at radius 1 is 1.17 bits per heavy atom. The van der Waals surface area contributed by atoms with Gasteiger partial charge >= 0.3 is 5.97 Å². The molecule has 0 saturated heterocycles. The van der Waals surface area contributed by atoms with Gasteiger partial charge in [0.05, 0.1) is 17.0 Å². The lowest BCUT2D eigenvalue weighted by Gasteiger charge is -2.19. The van der Waals surface area contributed by atoms with Crippen molar-refractivity contribution in [3.8, 4) is 0 Å². The molecule has 1 aliphatic rings. The molecular formula is C20H29N3O6S. The summed E-state index contributed by atoms with van der Waals surface area (Å²) >= 11 is 0. The molecule has 1 N–H and O–H groups in total. The minimum Gasteiger partial charge on any atom is -0.481 e. The third-order valence-electron chi connectivity index (χ3n) is 4.54. The second-order valence-electron chi connectivity index (χ2n) is 6.71. The first kappa shape index (κ1) is 25.4. The van der Waals surface area contributed by atoms with Crippen LogP contribution in [0.25, 0.3) is 0 Å². The molecule has 1 unspecified atom stereocenters. The van der Waals surface area contributed by atoms with Crippen LogP contribution >= 0.6 is 0 Å². The van der Waals surface area contributed by atoms with Crippen LogP contribution in [0.3, 0.4) is 0 Å². The monoisotopic (exact) mass is 439 g/mol. The molecule has 0 fully saturated rings. The number of sulfonamides is 1. The first-order valence-corrected chi connectivity index (χ1v) is 11.1. The van der Waals surface area contributed by atoms with Gasteiger partial charge in [0.2, 0.25) is 10.0 Å². The highest BCUT2D eigenvalue weighted by Gasteiger charge is 2.25. The van der Waals surface area contributed by atoms with Crippen LogP contribution < -0.4 is 5.01 Å². The average molecular weight is 440 g/mol. The van der Waals surface area contributed by atoms with E-state index in [0.717, 1.165) is 5.71 Å². The number of anilines is 1. The number of rotatable bonds is 8. The number of ketones is 1. The molecule has 1 aromatic rings. The summed E-state index contributed by atoms with van der Waals surface area (Å²) in [5.74, 6) is -2.20. The number of hydrogen-bond acceptors (Lipinski definition) is 6. The number of Topliss-reactive ketones (excluding diaryl/α,β-unsaturated/α-hetero) is 1. The Morgan fingerprint density at radius 3 is 2.00 bits per heavy atom. The maximum atomic E-state index is 12.4. The van der Waals surface area contributed by atoms with Crippen LogP contribution in [0.2, 0.25) is 0 Å². The second-order valence-corrected chi connectivity index (χ2v) is 8.65. The molecular weight excluding hydrogens is 410 g/mol. The number of carboxylic acid groups (broad SMARTS) is 1. The van der Waals surface area contributed by atoms with Crippen LogP contribution in [0.5, 0.6) is 0 Å². The van der Waals surface area contributed by atoms with Crippen LogP contribution in [0.15, 0.2) is 34.3 Å². The Morgan fingerprint density at radius 2 is 1.70 bits per heavy atom. The zero-order chi connectivity index (χ0) is 23.1. The lowest BCUT2D eigenvalue weighted by molar-refractivity contribution is -0.145. The maximum Gasteiger partial charge on any atom is 0.314 e. The van der Waals surface area contributed by atoms with E-state index in [2.05, 4.69) is 5.10 Å². The van der Waals surface area contributed by atoms with Crippen LogP contribution in [0, 0.1) is 5.92 Å². The van der Waals surface area contributed by atoms with Gasteiger partial charge in [0, 0.05) is 18.8 Å².